The van der Waals surface area contributed by atoms with Gasteiger partial charge < -0.3 is 19.3 Å². The number of anilines is 2. The minimum atomic E-state index is -0.0761. The highest BCUT2D eigenvalue weighted by molar-refractivity contribution is 5.52. The van der Waals surface area contributed by atoms with Crippen LogP contribution in [0.25, 0.3) is 0 Å². The molecule has 3 fully saturated rings. The molecule has 0 radical (unpaired) electrons. The summed E-state index contributed by atoms with van der Waals surface area (Å²) in [4.78, 5) is 14.4. The Bertz CT molecular complexity index is 1270. The molecule has 1 saturated carbocycles. The average Bonchev–Trinajstić information content (AvgIpc) is 2.84. The molecule has 3 aromatic rings. The molecule has 6 heteroatoms. The van der Waals surface area contributed by atoms with Gasteiger partial charge in [-0.2, -0.15) is 0 Å². The van der Waals surface area contributed by atoms with E-state index in [0.29, 0.717) is 11.5 Å². The summed E-state index contributed by atoms with van der Waals surface area (Å²) in [7, 11) is 0. The maximum atomic E-state index is 6.05. The lowest BCUT2D eigenvalue weighted by atomic mass is 9.78. The van der Waals surface area contributed by atoms with E-state index in [2.05, 4.69) is 72.2 Å². The molecule has 3 aliphatic heterocycles. The number of benzene rings is 2. The maximum Gasteiger partial charge on any atom is 0.225 e. The van der Waals surface area contributed by atoms with Gasteiger partial charge in [0.2, 0.25) is 5.95 Å². The number of hydrogen-bond donors (Lipinski definition) is 0. The molecular weight excluding hydrogens is 460 g/mol. The summed E-state index contributed by atoms with van der Waals surface area (Å²) in [5.41, 5.74) is 6.63. The summed E-state index contributed by atoms with van der Waals surface area (Å²) < 4.78 is 11.5. The summed E-state index contributed by atoms with van der Waals surface area (Å²) in [5, 5.41) is 0. The Hall–Kier alpha value is -3.12. The molecule has 2 saturated heterocycles. The summed E-state index contributed by atoms with van der Waals surface area (Å²) >= 11 is 0. The van der Waals surface area contributed by atoms with Crippen molar-refractivity contribution in [3.63, 3.8) is 0 Å². The molecule has 0 bridgehead atoms. The summed E-state index contributed by atoms with van der Waals surface area (Å²) in [6.45, 7) is 10.3. The Morgan fingerprint density at radius 2 is 1.65 bits per heavy atom. The van der Waals surface area contributed by atoms with E-state index in [-0.39, 0.29) is 5.41 Å². The lowest BCUT2D eigenvalue weighted by Crippen LogP contribution is -2.66. The normalized spacial score (nSPS) is 20.6. The van der Waals surface area contributed by atoms with Gasteiger partial charge in [0.15, 0.2) is 0 Å². The number of ether oxygens (including phenoxy) is 2. The van der Waals surface area contributed by atoms with Crippen LogP contribution in [0.3, 0.4) is 0 Å². The van der Waals surface area contributed by atoms with Crippen molar-refractivity contribution >= 4 is 11.6 Å². The van der Waals surface area contributed by atoms with Gasteiger partial charge in [-0.3, -0.25) is 0 Å². The molecule has 0 N–H and O–H groups in total. The topological polar surface area (TPSA) is 50.7 Å². The van der Waals surface area contributed by atoms with Crippen molar-refractivity contribution in [2.24, 2.45) is 5.41 Å². The first-order valence-corrected chi connectivity index (χ1v) is 13.8. The lowest BCUT2D eigenvalue weighted by Gasteiger charge is -2.54. The number of rotatable bonds is 6. The van der Waals surface area contributed by atoms with Gasteiger partial charge in [0, 0.05) is 55.5 Å². The second-order valence-corrected chi connectivity index (χ2v) is 12.0. The largest absolute Gasteiger partial charge is 0.490 e. The van der Waals surface area contributed by atoms with Crippen LogP contribution in [-0.2, 0) is 23.1 Å². The molecule has 0 atom stereocenters. The zero-order valence-electron chi connectivity index (χ0n) is 21.9. The van der Waals surface area contributed by atoms with Crippen LogP contribution in [-0.4, -0.2) is 48.9 Å². The molecule has 1 spiro atoms. The van der Waals surface area contributed by atoms with E-state index in [9.17, 15) is 0 Å². The average molecular weight is 497 g/mol. The molecule has 192 valence electrons. The van der Waals surface area contributed by atoms with Crippen molar-refractivity contribution in [3.05, 3.63) is 77.1 Å². The van der Waals surface area contributed by atoms with Crippen LogP contribution in [0.4, 0.5) is 11.6 Å². The van der Waals surface area contributed by atoms with Crippen LogP contribution in [0.5, 0.6) is 5.75 Å². The van der Waals surface area contributed by atoms with Gasteiger partial charge in [0.05, 0.1) is 30.4 Å². The zero-order valence-corrected chi connectivity index (χ0v) is 21.9. The number of nitrogens with zero attached hydrogens (tertiary/aromatic N) is 4. The van der Waals surface area contributed by atoms with E-state index in [1.165, 1.54) is 47.3 Å². The van der Waals surface area contributed by atoms with Gasteiger partial charge in [-0.05, 0) is 54.7 Å². The van der Waals surface area contributed by atoms with Crippen LogP contribution in [0.15, 0.2) is 54.7 Å². The Kier molecular flexibility index (Phi) is 5.43. The molecule has 1 aliphatic carbocycles. The maximum absolute atomic E-state index is 6.05. The fraction of sp³-hybridized carbons (Fsp3) is 0.484. The van der Waals surface area contributed by atoms with Gasteiger partial charge in [-0.1, -0.05) is 38.1 Å². The van der Waals surface area contributed by atoms with E-state index in [4.69, 9.17) is 19.4 Å². The van der Waals surface area contributed by atoms with E-state index >= 15 is 0 Å². The smallest absolute Gasteiger partial charge is 0.225 e. The lowest BCUT2D eigenvalue weighted by molar-refractivity contribution is -0.127. The predicted molar refractivity (Wildman–Crippen MR) is 146 cm³/mol. The highest BCUT2D eigenvalue weighted by atomic mass is 16.5. The van der Waals surface area contributed by atoms with Gasteiger partial charge in [-0.15, -0.1) is 0 Å². The first kappa shape index (κ1) is 23.0. The Labute approximate surface area is 219 Å². The molecule has 6 nitrogen and oxygen atoms in total. The summed E-state index contributed by atoms with van der Waals surface area (Å²) in [6.07, 6.45) is 7.08. The van der Waals surface area contributed by atoms with Crippen molar-refractivity contribution < 1.29 is 9.47 Å². The standard InChI is InChI=1S/C31H36N4O2/c1-30(2,24-8-12-27(13-9-24)37-26-4-3-5-26)23-6-10-25(11-7-23)34-15-14-28-22(17-34)16-32-29(33-28)35-18-31(19-35)20-36-21-31/h6-13,16,26H,3-5,14-15,17-21H2,1-2H3. The van der Waals surface area contributed by atoms with Crippen LogP contribution >= 0.6 is 0 Å². The van der Waals surface area contributed by atoms with Gasteiger partial charge in [-0.25, -0.2) is 9.97 Å². The van der Waals surface area contributed by atoms with Crippen molar-refractivity contribution in [2.75, 3.05) is 42.6 Å². The second-order valence-electron chi connectivity index (χ2n) is 12.0. The predicted octanol–water partition coefficient (Wildman–Crippen LogP) is 5.13. The van der Waals surface area contributed by atoms with Crippen molar-refractivity contribution in [1.29, 1.82) is 0 Å². The molecule has 7 rings (SSSR count). The molecule has 2 aromatic carbocycles. The van der Waals surface area contributed by atoms with Gasteiger partial charge in [0.1, 0.15) is 5.75 Å². The van der Waals surface area contributed by atoms with Gasteiger partial charge in [0.25, 0.3) is 0 Å². The first-order chi connectivity index (χ1) is 18.0. The van der Waals surface area contributed by atoms with Crippen molar-refractivity contribution in [3.8, 4) is 5.75 Å². The number of hydrogen-bond acceptors (Lipinski definition) is 6. The van der Waals surface area contributed by atoms with Gasteiger partial charge >= 0.3 is 0 Å². The Morgan fingerprint density at radius 3 is 2.27 bits per heavy atom. The third-order valence-electron chi connectivity index (χ3n) is 8.96. The van der Waals surface area contributed by atoms with Crippen LogP contribution in [0, 0.1) is 5.41 Å². The summed E-state index contributed by atoms with van der Waals surface area (Å²) in [6, 6.07) is 17.8. The molecule has 4 aliphatic rings. The second kappa shape index (κ2) is 8.73. The van der Waals surface area contributed by atoms with Crippen LogP contribution < -0.4 is 14.5 Å². The Morgan fingerprint density at radius 1 is 0.946 bits per heavy atom. The highest BCUT2D eigenvalue weighted by Crippen LogP contribution is 2.39. The first-order valence-electron chi connectivity index (χ1n) is 13.8. The monoisotopic (exact) mass is 496 g/mol. The molecule has 4 heterocycles. The van der Waals surface area contributed by atoms with E-state index in [1.807, 2.05) is 6.20 Å². The minimum absolute atomic E-state index is 0.0761. The summed E-state index contributed by atoms with van der Waals surface area (Å²) in [5.74, 6) is 1.88. The third kappa shape index (κ3) is 4.15. The molecule has 1 aromatic heterocycles. The highest BCUT2D eigenvalue weighted by Gasteiger charge is 2.50. The quantitative estimate of drug-likeness (QED) is 0.471. The minimum Gasteiger partial charge on any atom is -0.490 e. The Balaban J connectivity index is 1.01. The van der Waals surface area contributed by atoms with Crippen LogP contribution in [0.2, 0.25) is 0 Å². The SMILES string of the molecule is CC(C)(c1ccc(OC2CCC2)cc1)c1ccc(N2CCc3nc(N4CC5(COC5)C4)ncc3C2)cc1. The van der Waals surface area contributed by atoms with E-state index in [1.54, 1.807) is 0 Å². The number of aromatic nitrogens is 2. The van der Waals surface area contributed by atoms with Crippen LogP contribution in [0.1, 0.15) is 55.5 Å². The molecule has 37 heavy (non-hydrogen) atoms. The molecular formula is C31H36N4O2. The fourth-order valence-corrected chi connectivity index (χ4v) is 6.04. The molecule has 0 amide bonds. The number of fused-ring (bicyclic) bond motifs is 1. The van der Waals surface area contributed by atoms with E-state index in [0.717, 1.165) is 57.5 Å². The van der Waals surface area contributed by atoms with Crippen molar-refractivity contribution in [1.82, 2.24) is 9.97 Å². The fourth-order valence-electron chi connectivity index (χ4n) is 6.04. The van der Waals surface area contributed by atoms with E-state index < -0.39 is 0 Å². The third-order valence-corrected chi connectivity index (χ3v) is 8.96. The van der Waals surface area contributed by atoms with Crippen molar-refractivity contribution in [2.45, 2.75) is 57.6 Å². The molecule has 0 unspecified atom stereocenters. The zero-order chi connectivity index (χ0) is 25.0.